The van der Waals surface area contributed by atoms with Gasteiger partial charge < -0.3 is 4.57 Å². The van der Waals surface area contributed by atoms with Crippen LogP contribution in [0.4, 0.5) is 0 Å². The maximum absolute atomic E-state index is 11.7. The summed E-state index contributed by atoms with van der Waals surface area (Å²) in [5, 5.41) is 0. The van der Waals surface area contributed by atoms with Gasteiger partial charge in [0.05, 0.1) is 0 Å². The summed E-state index contributed by atoms with van der Waals surface area (Å²) < 4.78 is 2.77. The van der Waals surface area contributed by atoms with Gasteiger partial charge in [0.1, 0.15) is 0 Å². The zero-order valence-corrected chi connectivity index (χ0v) is 11.6. The van der Waals surface area contributed by atoms with Crippen molar-refractivity contribution < 1.29 is 0 Å². The lowest BCUT2D eigenvalue weighted by Gasteiger charge is -2.27. The summed E-state index contributed by atoms with van der Waals surface area (Å²) in [6, 6.07) is 3.41. The molecule has 0 radical (unpaired) electrons. The van der Waals surface area contributed by atoms with Crippen molar-refractivity contribution >= 4 is 28.6 Å². The Morgan fingerprint density at radius 2 is 2.06 bits per heavy atom. The number of hydrogen-bond donors (Lipinski definition) is 1. The monoisotopic (exact) mass is 301 g/mol. The van der Waals surface area contributed by atoms with E-state index in [2.05, 4.69) is 28.6 Å². The van der Waals surface area contributed by atoms with Crippen LogP contribution in [0.1, 0.15) is 25.7 Å². The van der Waals surface area contributed by atoms with Gasteiger partial charge in [-0.25, -0.2) is 0 Å². The fourth-order valence-corrected chi connectivity index (χ4v) is 3.27. The first-order chi connectivity index (χ1) is 7.65. The third-order valence-corrected chi connectivity index (χ3v) is 4.59. The number of pyridine rings is 1. The molecule has 0 atom stereocenters. The van der Waals surface area contributed by atoms with Crippen molar-refractivity contribution in [2.75, 3.05) is 5.75 Å². The van der Waals surface area contributed by atoms with Gasteiger partial charge in [-0.05, 0) is 46.0 Å². The van der Waals surface area contributed by atoms with Crippen molar-refractivity contribution in [2.45, 2.75) is 32.2 Å². The summed E-state index contributed by atoms with van der Waals surface area (Å²) in [6.07, 6.45) is 6.80. The molecule has 1 fully saturated rings. The molecule has 0 bridgehead atoms. The van der Waals surface area contributed by atoms with Crippen molar-refractivity contribution in [1.82, 2.24) is 4.57 Å². The Kier molecular flexibility index (Phi) is 3.80. The molecule has 0 amide bonds. The van der Waals surface area contributed by atoms with Gasteiger partial charge in [0.2, 0.25) is 0 Å². The molecule has 1 aliphatic rings. The molecule has 2 nitrogen and oxygen atoms in total. The largest absolute Gasteiger partial charge is 0.314 e. The van der Waals surface area contributed by atoms with Crippen molar-refractivity contribution in [3.05, 3.63) is 33.2 Å². The Morgan fingerprint density at radius 1 is 1.38 bits per heavy atom. The van der Waals surface area contributed by atoms with Crippen LogP contribution in [0.15, 0.2) is 27.6 Å². The number of rotatable bonds is 3. The van der Waals surface area contributed by atoms with Crippen LogP contribution in [0.25, 0.3) is 0 Å². The highest BCUT2D eigenvalue weighted by Crippen LogP contribution is 2.40. The van der Waals surface area contributed by atoms with Gasteiger partial charge in [0.15, 0.2) is 0 Å². The van der Waals surface area contributed by atoms with E-state index in [-0.39, 0.29) is 11.0 Å². The number of aromatic nitrogens is 1. The number of hydrogen-bond acceptors (Lipinski definition) is 2. The molecule has 4 heteroatoms. The lowest BCUT2D eigenvalue weighted by atomic mass is 9.88. The Balaban J connectivity index is 2.25. The molecule has 0 N–H and O–H groups in total. The van der Waals surface area contributed by atoms with E-state index in [0.717, 1.165) is 16.8 Å². The Morgan fingerprint density at radius 3 is 2.69 bits per heavy atom. The van der Waals surface area contributed by atoms with Gasteiger partial charge >= 0.3 is 0 Å². The summed E-state index contributed by atoms with van der Waals surface area (Å²) in [5.41, 5.74) is 0.310. The van der Waals surface area contributed by atoms with Crippen LogP contribution in [-0.4, -0.2) is 10.3 Å². The van der Waals surface area contributed by atoms with Crippen molar-refractivity contribution in [1.29, 1.82) is 0 Å². The minimum atomic E-state index is 0.0799. The third kappa shape index (κ3) is 2.54. The van der Waals surface area contributed by atoms with E-state index in [1.54, 1.807) is 12.1 Å². The highest BCUT2D eigenvalue weighted by atomic mass is 79.9. The van der Waals surface area contributed by atoms with Crippen LogP contribution < -0.4 is 5.56 Å². The normalized spacial score (nSPS) is 18.9. The zero-order chi connectivity index (χ0) is 11.6. The van der Waals surface area contributed by atoms with E-state index in [4.69, 9.17) is 0 Å². The Hall–Kier alpha value is -0.220. The van der Waals surface area contributed by atoms with E-state index < -0.39 is 0 Å². The van der Waals surface area contributed by atoms with Crippen LogP contribution in [0.2, 0.25) is 0 Å². The van der Waals surface area contributed by atoms with Crippen molar-refractivity contribution in [3.8, 4) is 0 Å². The average Bonchev–Trinajstić information content (AvgIpc) is 2.73. The van der Waals surface area contributed by atoms with Crippen molar-refractivity contribution in [3.63, 3.8) is 0 Å². The molecule has 0 unspecified atom stereocenters. The predicted molar refractivity (Wildman–Crippen MR) is 73.2 cm³/mol. The first-order valence-electron chi connectivity index (χ1n) is 5.62. The molecule has 1 aliphatic carbocycles. The van der Waals surface area contributed by atoms with Gasteiger partial charge in [-0.1, -0.05) is 12.8 Å². The van der Waals surface area contributed by atoms with Gasteiger partial charge in [0.25, 0.3) is 5.56 Å². The summed E-state index contributed by atoms with van der Waals surface area (Å²) in [7, 11) is 0. The molecule has 0 spiro atoms. The van der Waals surface area contributed by atoms with Gasteiger partial charge in [-0.15, -0.1) is 0 Å². The molecule has 1 heterocycles. The summed E-state index contributed by atoms with van der Waals surface area (Å²) in [5.74, 6) is 0.867. The molecule has 16 heavy (non-hydrogen) atoms. The second-order valence-corrected chi connectivity index (χ2v) is 5.91. The minimum absolute atomic E-state index is 0.0799. The molecule has 1 aromatic rings. The van der Waals surface area contributed by atoms with Gasteiger partial charge in [-0.2, -0.15) is 12.6 Å². The molecule has 0 aliphatic heterocycles. The molecule has 0 aromatic carbocycles. The molecule has 88 valence electrons. The summed E-state index contributed by atoms with van der Waals surface area (Å²) in [6.45, 7) is 0.800. The predicted octanol–water partition coefficient (Wildman–Crippen LogP) is 3.10. The van der Waals surface area contributed by atoms with Crippen LogP contribution in [-0.2, 0) is 6.54 Å². The fraction of sp³-hybridized carbons (Fsp3) is 0.583. The van der Waals surface area contributed by atoms with E-state index in [1.807, 2.05) is 10.8 Å². The fourth-order valence-electron chi connectivity index (χ4n) is 2.48. The second kappa shape index (κ2) is 4.96. The van der Waals surface area contributed by atoms with E-state index in [9.17, 15) is 4.79 Å². The molecule has 1 saturated carbocycles. The topological polar surface area (TPSA) is 22.0 Å². The first-order valence-corrected chi connectivity index (χ1v) is 7.05. The maximum atomic E-state index is 11.7. The molecular weight excluding hydrogens is 286 g/mol. The summed E-state index contributed by atoms with van der Waals surface area (Å²) in [4.78, 5) is 11.7. The van der Waals surface area contributed by atoms with Gasteiger partial charge in [-0.3, -0.25) is 4.79 Å². The second-order valence-electron chi connectivity index (χ2n) is 4.68. The lowest BCUT2D eigenvalue weighted by Crippen LogP contribution is -2.31. The van der Waals surface area contributed by atoms with Gasteiger partial charge in [0, 0.05) is 23.3 Å². The zero-order valence-electron chi connectivity index (χ0n) is 9.16. The Bertz CT molecular complexity index is 423. The van der Waals surface area contributed by atoms with E-state index >= 15 is 0 Å². The Labute approximate surface area is 110 Å². The van der Waals surface area contributed by atoms with E-state index in [1.165, 1.54) is 25.7 Å². The smallest absolute Gasteiger partial charge is 0.250 e. The standard InChI is InChI=1S/C12H16BrNOS/c13-10-3-4-11(15)14(7-10)8-12(9-16)5-1-2-6-12/h3-4,7,16H,1-2,5-6,8-9H2. The van der Waals surface area contributed by atoms with Crippen LogP contribution >= 0.6 is 28.6 Å². The number of nitrogens with zero attached hydrogens (tertiary/aromatic N) is 1. The molecule has 0 saturated heterocycles. The first kappa shape index (κ1) is 12.2. The molecular formula is C12H16BrNOS. The average molecular weight is 302 g/mol. The molecule has 1 aromatic heterocycles. The van der Waals surface area contributed by atoms with Crippen LogP contribution in [0, 0.1) is 5.41 Å². The van der Waals surface area contributed by atoms with E-state index in [0.29, 0.717) is 0 Å². The number of halogens is 1. The maximum Gasteiger partial charge on any atom is 0.250 e. The molecule has 2 rings (SSSR count). The quantitative estimate of drug-likeness (QED) is 0.852. The SMILES string of the molecule is O=c1ccc(Br)cn1CC1(CS)CCCC1. The highest BCUT2D eigenvalue weighted by Gasteiger charge is 2.32. The minimum Gasteiger partial charge on any atom is -0.314 e. The summed E-state index contributed by atoms with van der Waals surface area (Å²) >= 11 is 7.87. The van der Waals surface area contributed by atoms with Crippen molar-refractivity contribution in [2.24, 2.45) is 5.41 Å². The van der Waals surface area contributed by atoms with Crippen LogP contribution in [0.3, 0.4) is 0 Å². The number of thiol groups is 1. The lowest BCUT2D eigenvalue weighted by molar-refractivity contribution is 0.286. The third-order valence-electron chi connectivity index (χ3n) is 3.45. The highest BCUT2D eigenvalue weighted by molar-refractivity contribution is 9.10. The van der Waals surface area contributed by atoms with Crippen LogP contribution in [0.5, 0.6) is 0 Å².